The van der Waals surface area contributed by atoms with Crippen LogP contribution in [0.1, 0.15) is 24.3 Å². The van der Waals surface area contributed by atoms with Gasteiger partial charge in [0.15, 0.2) is 0 Å². The molecule has 0 bridgehead atoms. The zero-order chi connectivity index (χ0) is 22.2. The second-order valence-electron chi connectivity index (χ2n) is 7.97. The number of para-hydroxylation sites is 2. The molecule has 4 amide bonds. The minimum Gasteiger partial charge on any atom is -0.459 e. The Balaban J connectivity index is 1.23. The van der Waals surface area contributed by atoms with Gasteiger partial charge in [0.25, 0.3) is 5.91 Å². The first-order chi connectivity index (χ1) is 15.5. The third-order valence-corrected chi connectivity index (χ3v) is 5.76. The highest BCUT2D eigenvalue weighted by Gasteiger charge is 2.39. The minimum absolute atomic E-state index is 0.348. The SMILES string of the molecule is C[C@@H](NC(=O)CN1C(=O)N[C@@H](Cc2c[nH]c3ccccc23)C1=O)c1cc2ccccc2o1. The molecular weight excluding hydrogens is 408 g/mol. The molecule has 1 saturated heterocycles. The summed E-state index contributed by atoms with van der Waals surface area (Å²) in [4.78, 5) is 41.9. The van der Waals surface area contributed by atoms with Gasteiger partial charge in [0.2, 0.25) is 5.91 Å². The van der Waals surface area contributed by atoms with Gasteiger partial charge in [-0.2, -0.15) is 0 Å². The van der Waals surface area contributed by atoms with Gasteiger partial charge in [-0.25, -0.2) is 4.79 Å². The average Bonchev–Trinajstić information content (AvgIpc) is 3.47. The van der Waals surface area contributed by atoms with Crippen molar-refractivity contribution in [2.24, 2.45) is 0 Å². The number of benzene rings is 2. The van der Waals surface area contributed by atoms with Crippen LogP contribution in [-0.2, 0) is 16.0 Å². The van der Waals surface area contributed by atoms with Crippen LogP contribution in [0.4, 0.5) is 4.79 Å². The normalized spacial score (nSPS) is 17.2. The number of carbonyl (C=O) groups excluding carboxylic acids is 3. The number of urea groups is 1. The highest BCUT2D eigenvalue weighted by atomic mass is 16.3. The summed E-state index contributed by atoms with van der Waals surface area (Å²) in [5.74, 6) is -0.241. The van der Waals surface area contributed by atoms with Crippen LogP contribution in [0.15, 0.2) is 65.2 Å². The van der Waals surface area contributed by atoms with Crippen molar-refractivity contribution in [1.82, 2.24) is 20.5 Å². The van der Waals surface area contributed by atoms with Gasteiger partial charge in [0, 0.05) is 28.9 Å². The van der Waals surface area contributed by atoms with Crippen molar-refractivity contribution < 1.29 is 18.8 Å². The van der Waals surface area contributed by atoms with Crippen molar-refractivity contribution in [3.63, 3.8) is 0 Å². The number of fused-ring (bicyclic) bond motifs is 2. The van der Waals surface area contributed by atoms with Crippen molar-refractivity contribution in [3.8, 4) is 0 Å². The van der Waals surface area contributed by atoms with Crippen LogP contribution in [0.3, 0.4) is 0 Å². The van der Waals surface area contributed by atoms with Crippen LogP contribution < -0.4 is 10.6 Å². The fourth-order valence-corrected chi connectivity index (χ4v) is 4.10. The van der Waals surface area contributed by atoms with Crippen LogP contribution >= 0.6 is 0 Å². The molecular formula is C24H22N4O4. The Hall–Kier alpha value is -4.07. The van der Waals surface area contributed by atoms with Crippen molar-refractivity contribution in [1.29, 1.82) is 0 Å². The van der Waals surface area contributed by atoms with E-state index >= 15 is 0 Å². The average molecular weight is 430 g/mol. The van der Waals surface area contributed by atoms with Crippen LogP contribution in [-0.4, -0.2) is 40.3 Å². The van der Waals surface area contributed by atoms with E-state index in [1.54, 1.807) is 6.92 Å². The molecule has 4 aromatic rings. The third kappa shape index (κ3) is 3.60. The van der Waals surface area contributed by atoms with Gasteiger partial charge in [-0.15, -0.1) is 0 Å². The number of aromatic nitrogens is 1. The van der Waals surface area contributed by atoms with E-state index in [1.807, 2.05) is 60.8 Å². The first-order valence-electron chi connectivity index (χ1n) is 10.4. The molecule has 1 fully saturated rings. The summed E-state index contributed by atoms with van der Waals surface area (Å²) in [5, 5.41) is 7.44. The van der Waals surface area contributed by atoms with Gasteiger partial charge in [-0.05, 0) is 30.7 Å². The van der Waals surface area contributed by atoms with Crippen LogP contribution in [0.5, 0.6) is 0 Å². The molecule has 5 rings (SSSR count). The number of nitrogens with one attached hydrogen (secondary N) is 3. The summed E-state index contributed by atoms with van der Waals surface area (Å²) in [7, 11) is 0. The highest BCUT2D eigenvalue weighted by Crippen LogP contribution is 2.24. The lowest BCUT2D eigenvalue weighted by molar-refractivity contribution is -0.132. The molecule has 8 nitrogen and oxygen atoms in total. The number of hydrogen-bond donors (Lipinski definition) is 3. The van der Waals surface area contributed by atoms with E-state index in [-0.39, 0.29) is 6.54 Å². The van der Waals surface area contributed by atoms with Gasteiger partial charge in [-0.1, -0.05) is 36.4 Å². The molecule has 3 heterocycles. The third-order valence-electron chi connectivity index (χ3n) is 5.76. The van der Waals surface area contributed by atoms with Gasteiger partial charge in [0.1, 0.15) is 23.9 Å². The summed E-state index contributed by atoms with van der Waals surface area (Å²) in [6, 6.07) is 15.5. The lowest BCUT2D eigenvalue weighted by Gasteiger charge is -2.15. The van der Waals surface area contributed by atoms with E-state index in [2.05, 4.69) is 15.6 Å². The Morgan fingerprint density at radius 1 is 1.16 bits per heavy atom. The van der Waals surface area contributed by atoms with Gasteiger partial charge in [-0.3, -0.25) is 14.5 Å². The van der Waals surface area contributed by atoms with E-state index in [0.717, 1.165) is 32.3 Å². The Bertz CT molecular complexity index is 1310. The number of furan rings is 1. The molecule has 32 heavy (non-hydrogen) atoms. The van der Waals surface area contributed by atoms with Gasteiger partial charge in [0.05, 0.1) is 6.04 Å². The zero-order valence-electron chi connectivity index (χ0n) is 17.4. The Kier molecular flexibility index (Phi) is 4.89. The van der Waals surface area contributed by atoms with Crippen molar-refractivity contribution in [2.45, 2.75) is 25.4 Å². The van der Waals surface area contributed by atoms with Gasteiger partial charge >= 0.3 is 6.03 Å². The number of H-pyrrole nitrogens is 1. The quantitative estimate of drug-likeness (QED) is 0.408. The molecule has 2 atom stereocenters. The maximum atomic E-state index is 12.8. The first kappa shape index (κ1) is 19.9. The monoisotopic (exact) mass is 430 g/mol. The topological polar surface area (TPSA) is 107 Å². The van der Waals surface area contributed by atoms with E-state index in [1.165, 1.54) is 0 Å². The van der Waals surface area contributed by atoms with E-state index in [4.69, 9.17) is 4.42 Å². The van der Waals surface area contributed by atoms with Crippen molar-refractivity contribution in [3.05, 3.63) is 72.1 Å². The summed E-state index contributed by atoms with van der Waals surface area (Å²) in [6.45, 7) is 1.45. The molecule has 1 aliphatic rings. The summed E-state index contributed by atoms with van der Waals surface area (Å²) < 4.78 is 5.78. The number of carbonyl (C=O) groups is 3. The number of aromatic amines is 1. The van der Waals surface area contributed by atoms with Crippen LogP contribution in [0, 0.1) is 0 Å². The summed E-state index contributed by atoms with van der Waals surface area (Å²) in [5.41, 5.74) is 2.64. The summed E-state index contributed by atoms with van der Waals surface area (Å²) in [6.07, 6.45) is 2.19. The summed E-state index contributed by atoms with van der Waals surface area (Å²) >= 11 is 0. The molecule has 162 valence electrons. The number of rotatable bonds is 6. The largest absolute Gasteiger partial charge is 0.459 e. The maximum Gasteiger partial charge on any atom is 0.325 e. The highest BCUT2D eigenvalue weighted by molar-refractivity contribution is 6.06. The fraction of sp³-hybridized carbons (Fsp3) is 0.208. The molecule has 0 aliphatic carbocycles. The molecule has 0 radical (unpaired) electrons. The Morgan fingerprint density at radius 3 is 2.78 bits per heavy atom. The predicted octanol–water partition coefficient (Wildman–Crippen LogP) is 3.25. The lowest BCUT2D eigenvalue weighted by atomic mass is 10.1. The molecule has 1 aliphatic heterocycles. The smallest absolute Gasteiger partial charge is 0.325 e. The number of hydrogen-bond acceptors (Lipinski definition) is 4. The van der Waals surface area contributed by atoms with Crippen LogP contribution in [0.25, 0.3) is 21.9 Å². The Morgan fingerprint density at radius 2 is 1.94 bits per heavy atom. The molecule has 0 saturated carbocycles. The number of amides is 4. The number of imide groups is 1. The van der Waals surface area contributed by atoms with Crippen LogP contribution in [0.2, 0.25) is 0 Å². The van der Waals surface area contributed by atoms with Crippen molar-refractivity contribution >= 4 is 39.7 Å². The lowest BCUT2D eigenvalue weighted by Crippen LogP contribution is -2.41. The maximum absolute atomic E-state index is 12.8. The van der Waals surface area contributed by atoms with Gasteiger partial charge < -0.3 is 20.0 Å². The minimum atomic E-state index is -0.706. The first-order valence-corrected chi connectivity index (χ1v) is 10.4. The van der Waals surface area contributed by atoms with E-state index < -0.39 is 29.9 Å². The number of nitrogens with zero attached hydrogens (tertiary/aromatic N) is 1. The second-order valence-corrected chi connectivity index (χ2v) is 7.97. The standard InChI is InChI=1S/C24H22N4O4/c1-14(21-11-15-6-2-5-9-20(15)32-21)26-22(29)13-28-23(30)19(27-24(28)31)10-16-12-25-18-8-4-3-7-17(16)18/h2-9,11-12,14,19,25H,10,13H2,1H3,(H,26,29)(H,27,31)/t14-,19+/m1/s1. The second kappa shape index (κ2) is 7.88. The molecule has 2 aromatic carbocycles. The predicted molar refractivity (Wildman–Crippen MR) is 119 cm³/mol. The molecule has 8 heteroatoms. The molecule has 0 unspecified atom stereocenters. The van der Waals surface area contributed by atoms with Crippen molar-refractivity contribution in [2.75, 3.05) is 6.54 Å². The van der Waals surface area contributed by atoms with E-state index in [0.29, 0.717) is 12.2 Å². The Labute approximate surface area is 183 Å². The molecule has 2 aromatic heterocycles. The zero-order valence-corrected chi connectivity index (χ0v) is 17.4. The molecule has 0 spiro atoms. The van der Waals surface area contributed by atoms with E-state index in [9.17, 15) is 14.4 Å². The molecule has 3 N–H and O–H groups in total. The fourth-order valence-electron chi connectivity index (χ4n) is 4.10.